The van der Waals surface area contributed by atoms with Crippen molar-refractivity contribution in [3.8, 4) is 5.75 Å². The molecule has 3 aromatic rings. The first-order valence-electron chi connectivity index (χ1n) is 11.8. The van der Waals surface area contributed by atoms with E-state index in [0.29, 0.717) is 12.3 Å². The summed E-state index contributed by atoms with van der Waals surface area (Å²) in [4.78, 5) is 8.29. The van der Waals surface area contributed by atoms with Crippen molar-refractivity contribution in [3.63, 3.8) is 0 Å². The van der Waals surface area contributed by atoms with Crippen LogP contribution >= 0.6 is 23.1 Å². The van der Waals surface area contributed by atoms with E-state index in [1.807, 2.05) is 36.0 Å². The molecular formula is C26H34N2O3S2. The number of thioether (sulfide) groups is 1. The van der Waals surface area contributed by atoms with E-state index in [2.05, 4.69) is 26.7 Å². The molecule has 0 radical (unpaired) electrons. The molecule has 1 fully saturated rings. The molecular weight excluding hydrogens is 452 g/mol. The molecule has 1 saturated heterocycles. The lowest BCUT2D eigenvalue weighted by Gasteiger charge is -2.38. The van der Waals surface area contributed by atoms with Crippen molar-refractivity contribution in [2.45, 2.75) is 36.7 Å². The molecule has 3 heterocycles. The Bertz CT molecular complexity index is 998. The van der Waals surface area contributed by atoms with Gasteiger partial charge in [-0.15, -0.1) is 11.8 Å². The highest BCUT2D eigenvalue weighted by Gasteiger charge is 2.29. The van der Waals surface area contributed by atoms with E-state index >= 15 is 0 Å². The fourth-order valence-electron chi connectivity index (χ4n) is 4.85. The van der Waals surface area contributed by atoms with Gasteiger partial charge in [0.05, 0.1) is 18.7 Å². The van der Waals surface area contributed by atoms with Gasteiger partial charge in [0.15, 0.2) is 0 Å². The summed E-state index contributed by atoms with van der Waals surface area (Å²) in [6.45, 7) is 3.34. The van der Waals surface area contributed by atoms with E-state index in [0.717, 1.165) is 60.4 Å². The maximum Gasteiger partial charge on any atom is 0.119 e. The van der Waals surface area contributed by atoms with Crippen LogP contribution in [-0.2, 0) is 0 Å². The van der Waals surface area contributed by atoms with Gasteiger partial charge in [-0.1, -0.05) is 0 Å². The number of nitrogens with zero attached hydrogens (tertiary/aromatic N) is 2. The van der Waals surface area contributed by atoms with Crippen molar-refractivity contribution in [2.75, 3.05) is 39.1 Å². The number of hydrogen-bond donors (Lipinski definition) is 2. The highest BCUT2D eigenvalue weighted by atomic mass is 32.2. The number of aromatic nitrogens is 1. The minimum atomic E-state index is -0.547. The fourth-order valence-corrected chi connectivity index (χ4v) is 6.56. The zero-order chi connectivity index (χ0) is 23.0. The summed E-state index contributed by atoms with van der Waals surface area (Å²) in [7, 11) is 1.65. The number of benzene rings is 1. The van der Waals surface area contributed by atoms with Crippen LogP contribution < -0.4 is 4.74 Å². The number of fused-ring (bicyclic) bond motifs is 1. The van der Waals surface area contributed by atoms with Crippen molar-refractivity contribution in [1.29, 1.82) is 0 Å². The number of thiophene rings is 1. The third-order valence-corrected chi connectivity index (χ3v) is 8.66. The van der Waals surface area contributed by atoms with Crippen LogP contribution in [0.1, 0.15) is 37.4 Å². The third kappa shape index (κ3) is 6.49. The molecule has 0 aliphatic carbocycles. The quantitative estimate of drug-likeness (QED) is 0.286. The number of aliphatic hydroxyl groups excluding tert-OH is 2. The van der Waals surface area contributed by atoms with Crippen LogP contribution in [0.5, 0.6) is 5.75 Å². The van der Waals surface area contributed by atoms with Gasteiger partial charge in [-0.25, -0.2) is 0 Å². The Morgan fingerprint density at radius 2 is 2.18 bits per heavy atom. The number of likely N-dealkylation sites (tertiary alicyclic amines) is 1. The first kappa shape index (κ1) is 24.5. The second kappa shape index (κ2) is 12.2. The molecule has 0 bridgehead atoms. The van der Waals surface area contributed by atoms with Crippen LogP contribution in [0.4, 0.5) is 0 Å². The Balaban J connectivity index is 1.27. The minimum absolute atomic E-state index is 0.219. The van der Waals surface area contributed by atoms with Crippen LogP contribution in [0.2, 0.25) is 0 Å². The van der Waals surface area contributed by atoms with Gasteiger partial charge in [-0.2, -0.15) is 11.3 Å². The van der Waals surface area contributed by atoms with Gasteiger partial charge in [0, 0.05) is 35.0 Å². The van der Waals surface area contributed by atoms with Gasteiger partial charge in [0.25, 0.3) is 0 Å². The Labute approximate surface area is 204 Å². The number of pyridine rings is 1. The van der Waals surface area contributed by atoms with Crippen molar-refractivity contribution in [1.82, 2.24) is 9.88 Å². The fraction of sp³-hybridized carbons (Fsp3) is 0.500. The molecule has 1 aliphatic heterocycles. The third-order valence-electron chi connectivity index (χ3n) is 6.74. The first-order valence-corrected chi connectivity index (χ1v) is 13.7. The Hall–Kier alpha value is -1.64. The second-order valence-corrected chi connectivity index (χ2v) is 10.8. The molecule has 7 heteroatoms. The van der Waals surface area contributed by atoms with E-state index in [1.165, 1.54) is 11.3 Å². The minimum Gasteiger partial charge on any atom is -0.497 e. The predicted octanol–water partition coefficient (Wildman–Crippen LogP) is 5.23. The van der Waals surface area contributed by atoms with Crippen LogP contribution in [0, 0.1) is 11.8 Å². The van der Waals surface area contributed by atoms with Crippen molar-refractivity contribution < 1.29 is 14.9 Å². The Morgan fingerprint density at radius 3 is 2.97 bits per heavy atom. The number of hydrogen-bond acceptors (Lipinski definition) is 7. The van der Waals surface area contributed by atoms with Crippen molar-refractivity contribution in [3.05, 3.63) is 52.9 Å². The van der Waals surface area contributed by atoms with Crippen molar-refractivity contribution in [2.24, 2.45) is 11.8 Å². The van der Waals surface area contributed by atoms with Gasteiger partial charge in [-0.05, 0) is 97.6 Å². The SMILES string of the molecule is COc1ccc2nccc(C(O)CC[C@@H]3CCN(CCCSc4ccsc4)C[C@@H]3CO)c2c1. The molecule has 1 unspecified atom stereocenters. The van der Waals surface area contributed by atoms with Gasteiger partial charge < -0.3 is 19.8 Å². The lowest BCUT2D eigenvalue weighted by atomic mass is 9.81. The van der Waals surface area contributed by atoms with E-state index < -0.39 is 6.10 Å². The smallest absolute Gasteiger partial charge is 0.119 e. The highest BCUT2D eigenvalue weighted by molar-refractivity contribution is 7.99. The molecule has 1 aliphatic rings. The van der Waals surface area contributed by atoms with E-state index in [4.69, 9.17) is 4.74 Å². The van der Waals surface area contributed by atoms with Crippen LogP contribution in [0.15, 0.2) is 52.2 Å². The number of piperidine rings is 1. The van der Waals surface area contributed by atoms with Crippen LogP contribution in [0.3, 0.4) is 0 Å². The van der Waals surface area contributed by atoms with Gasteiger partial charge in [-0.3, -0.25) is 4.98 Å². The molecule has 1 aromatic carbocycles. The summed E-state index contributed by atoms with van der Waals surface area (Å²) >= 11 is 3.68. The van der Waals surface area contributed by atoms with Gasteiger partial charge >= 0.3 is 0 Å². The molecule has 0 spiro atoms. The number of ether oxygens (including phenoxy) is 1. The van der Waals surface area contributed by atoms with E-state index in [9.17, 15) is 10.2 Å². The number of rotatable bonds is 11. The monoisotopic (exact) mass is 486 g/mol. The molecule has 3 atom stereocenters. The first-order chi connectivity index (χ1) is 16.2. The van der Waals surface area contributed by atoms with Crippen LogP contribution in [-0.4, -0.2) is 59.2 Å². The summed E-state index contributed by atoms with van der Waals surface area (Å²) in [5.74, 6) is 2.64. The number of methoxy groups -OCH3 is 1. The molecule has 33 heavy (non-hydrogen) atoms. The zero-order valence-electron chi connectivity index (χ0n) is 19.2. The Kier molecular flexibility index (Phi) is 9.03. The molecule has 178 valence electrons. The van der Waals surface area contributed by atoms with Gasteiger partial charge in [0.2, 0.25) is 0 Å². The topological polar surface area (TPSA) is 65.8 Å². The van der Waals surface area contributed by atoms with E-state index in [1.54, 1.807) is 24.6 Å². The predicted molar refractivity (Wildman–Crippen MR) is 137 cm³/mol. The molecule has 2 N–H and O–H groups in total. The molecule has 0 amide bonds. The van der Waals surface area contributed by atoms with Gasteiger partial charge in [0.1, 0.15) is 5.75 Å². The molecule has 4 rings (SSSR count). The van der Waals surface area contributed by atoms with Crippen LogP contribution in [0.25, 0.3) is 10.9 Å². The average molecular weight is 487 g/mol. The summed E-state index contributed by atoms with van der Waals surface area (Å²) in [6.07, 6.45) is 5.07. The van der Waals surface area contributed by atoms with Crippen molar-refractivity contribution >= 4 is 34.0 Å². The summed E-state index contributed by atoms with van der Waals surface area (Å²) in [6, 6.07) is 9.87. The maximum absolute atomic E-state index is 11.0. The zero-order valence-corrected chi connectivity index (χ0v) is 20.9. The second-order valence-electron chi connectivity index (χ2n) is 8.83. The summed E-state index contributed by atoms with van der Waals surface area (Å²) < 4.78 is 5.36. The number of aliphatic hydroxyl groups is 2. The summed E-state index contributed by atoms with van der Waals surface area (Å²) in [5.41, 5.74) is 1.77. The highest BCUT2D eigenvalue weighted by Crippen LogP contribution is 2.33. The maximum atomic E-state index is 11.0. The standard InChI is InChI=1S/C26H34N2O3S2/c1-31-21-4-5-25-24(15-21)23(7-10-27-25)26(30)6-3-19-8-12-28(16-20(19)17-29)11-2-13-33-22-9-14-32-18-22/h4-5,7,9-10,14-15,18-20,26,29-30H,2-3,6,8,11-13,16-17H2,1H3/t19-,20-,26?/m1/s1. The molecule has 0 saturated carbocycles. The molecule has 5 nitrogen and oxygen atoms in total. The average Bonchev–Trinajstić information content (AvgIpc) is 3.38. The lowest BCUT2D eigenvalue weighted by molar-refractivity contribution is 0.0581. The summed E-state index contributed by atoms with van der Waals surface area (Å²) in [5, 5.41) is 26.3. The Morgan fingerprint density at radius 1 is 1.27 bits per heavy atom. The normalized spacial score (nSPS) is 20.2. The lowest BCUT2D eigenvalue weighted by Crippen LogP contribution is -2.42. The molecule has 2 aromatic heterocycles. The van der Waals surface area contributed by atoms with E-state index in [-0.39, 0.29) is 12.5 Å². The largest absolute Gasteiger partial charge is 0.497 e.